The van der Waals surface area contributed by atoms with Gasteiger partial charge in [0.25, 0.3) is 5.91 Å². The molecular weight excluding hydrogens is 467 g/mol. The molecule has 0 saturated carbocycles. The Morgan fingerprint density at radius 3 is 2.46 bits per heavy atom. The van der Waals surface area contributed by atoms with Crippen LogP contribution in [0.15, 0.2) is 30.3 Å². The van der Waals surface area contributed by atoms with E-state index in [1.807, 2.05) is 0 Å². The Bertz CT molecular complexity index is 1190. The van der Waals surface area contributed by atoms with E-state index in [9.17, 15) is 20.1 Å². The van der Waals surface area contributed by atoms with Crippen molar-refractivity contribution in [2.45, 2.75) is 83.2 Å². The number of hydrogen-bond acceptors (Lipinski definition) is 6. The molecule has 2 saturated heterocycles. The summed E-state index contributed by atoms with van der Waals surface area (Å²) in [5.41, 5.74) is 0.437. The van der Waals surface area contributed by atoms with Gasteiger partial charge < -0.3 is 35.0 Å². The molecule has 9 heteroatoms. The standard InChI is InChI=1S/C28H36N2O6.Li/c1-16(10-11-22-27(2,3)35-22)7-6-12-28(4)23(36-28)15-30-19-13-17(31)14-21(33)25(19)29-24-18(26(30)34)8-5-9-20(24)32;/h5,8-9,13-14,16,22-23H,6-7,10-12,15H2,1-4H3,(H4,29,31,32,33,34);/q;+1/p-1. The predicted octanol–water partition coefficient (Wildman–Crippen LogP) is 3.03. The normalized spacial score (nSPS) is 25.7. The van der Waals surface area contributed by atoms with Crippen molar-refractivity contribution in [2.24, 2.45) is 5.92 Å². The molecule has 1 amide bonds. The number of carbonyl (C=O) groups excluding carboxylic acids is 1. The number of amides is 1. The Kier molecular flexibility index (Phi) is 7.53. The number of phenols is 3. The van der Waals surface area contributed by atoms with Gasteiger partial charge in [-0.3, -0.25) is 4.79 Å². The minimum absolute atomic E-state index is 0. The van der Waals surface area contributed by atoms with Gasteiger partial charge in [-0.1, -0.05) is 43.3 Å². The predicted molar refractivity (Wildman–Crippen MR) is 137 cm³/mol. The Morgan fingerprint density at radius 1 is 1.03 bits per heavy atom. The van der Waals surface area contributed by atoms with Gasteiger partial charge in [0, 0.05) is 23.4 Å². The van der Waals surface area contributed by atoms with Crippen molar-refractivity contribution in [3.63, 3.8) is 0 Å². The third kappa shape index (κ3) is 5.58. The van der Waals surface area contributed by atoms with Crippen LogP contribution in [0.3, 0.4) is 0 Å². The van der Waals surface area contributed by atoms with Gasteiger partial charge in [0.05, 0.1) is 23.9 Å². The molecule has 3 aliphatic rings. The number of rotatable bonds is 9. The number of benzene rings is 2. The molecule has 3 heterocycles. The molecule has 4 atom stereocenters. The van der Waals surface area contributed by atoms with Gasteiger partial charge in [0.15, 0.2) is 0 Å². The fraction of sp³-hybridized carbons (Fsp3) is 0.536. The van der Waals surface area contributed by atoms with Crippen molar-refractivity contribution >= 4 is 23.0 Å². The fourth-order valence-electron chi connectivity index (χ4n) is 5.31. The van der Waals surface area contributed by atoms with Crippen molar-refractivity contribution in [3.8, 4) is 17.2 Å². The van der Waals surface area contributed by atoms with Crippen molar-refractivity contribution < 1.29 is 48.4 Å². The van der Waals surface area contributed by atoms with Crippen LogP contribution in [0, 0.1) is 5.92 Å². The first kappa shape index (κ1) is 27.7. The van der Waals surface area contributed by atoms with Gasteiger partial charge in [-0.2, -0.15) is 0 Å². The minimum atomic E-state index is -0.370. The maximum absolute atomic E-state index is 13.6. The molecule has 0 bridgehead atoms. The summed E-state index contributed by atoms with van der Waals surface area (Å²) >= 11 is 0. The van der Waals surface area contributed by atoms with Gasteiger partial charge in [0.2, 0.25) is 0 Å². The largest absolute Gasteiger partial charge is 1.00 e. The Morgan fingerprint density at radius 2 is 1.76 bits per heavy atom. The Hall–Kier alpha value is -2.37. The first-order chi connectivity index (χ1) is 17.0. The summed E-state index contributed by atoms with van der Waals surface area (Å²) < 4.78 is 11.8. The third-order valence-corrected chi connectivity index (χ3v) is 7.90. The monoisotopic (exact) mass is 502 g/mol. The molecule has 3 aliphatic heterocycles. The molecule has 2 fully saturated rings. The summed E-state index contributed by atoms with van der Waals surface area (Å²) in [5.74, 6) is -0.360. The molecule has 37 heavy (non-hydrogen) atoms. The molecule has 2 aromatic carbocycles. The van der Waals surface area contributed by atoms with Crippen molar-refractivity contribution in [3.05, 3.63) is 41.2 Å². The Balaban J connectivity index is 0.00000320. The number of para-hydroxylation sites is 1. The number of hydrogen-bond donors (Lipinski definition) is 3. The van der Waals surface area contributed by atoms with Crippen LogP contribution < -0.4 is 23.8 Å². The molecular formula is C28H35LiN2O6. The van der Waals surface area contributed by atoms with Crippen LogP contribution in [0.5, 0.6) is 17.2 Å². The van der Waals surface area contributed by atoms with E-state index in [1.54, 1.807) is 12.1 Å². The number of fused-ring (bicyclic) bond motifs is 2. The summed E-state index contributed by atoms with van der Waals surface area (Å²) in [6, 6.07) is 7.21. The SMILES string of the molecule is CC(CCCC1(C)OC1CN1C(=O)c2cccc(O)c2[N-]c2c(O)cc(O)cc21)CCC1OC1(C)C.[Li+]. The van der Waals surface area contributed by atoms with E-state index in [4.69, 9.17) is 9.47 Å². The maximum Gasteiger partial charge on any atom is 1.00 e. The van der Waals surface area contributed by atoms with E-state index >= 15 is 0 Å². The van der Waals surface area contributed by atoms with Gasteiger partial charge in [-0.15, -0.1) is 0 Å². The minimum Gasteiger partial charge on any atom is -0.650 e. The molecule has 8 nitrogen and oxygen atoms in total. The van der Waals surface area contributed by atoms with E-state index in [-0.39, 0.29) is 88.5 Å². The first-order valence-electron chi connectivity index (χ1n) is 12.8. The van der Waals surface area contributed by atoms with Gasteiger partial charge >= 0.3 is 18.9 Å². The summed E-state index contributed by atoms with van der Waals surface area (Å²) in [7, 11) is 0. The zero-order valence-corrected chi connectivity index (χ0v) is 22.3. The molecule has 2 aromatic rings. The number of carbonyl (C=O) groups is 1. The summed E-state index contributed by atoms with van der Waals surface area (Å²) in [5, 5.41) is 35.4. The molecule has 3 N–H and O–H groups in total. The van der Waals surface area contributed by atoms with Gasteiger partial charge in [0.1, 0.15) is 23.4 Å². The van der Waals surface area contributed by atoms with Crippen LogP contribution >= 0.6 is 0 Å². The molecule has 194 valence electrons. The second kappa shape index (κ2) is 10.1. The topological polar surface area (TPSA) is 120 Å². The second-order valence-corrected chi connectivity index (χ2v) is 11.2. The van der Waals surface area contributed by atoms with E-state index in [0.717, 1.165) is 32.1 Å². The van der Waals surface area contributed by atoms with Crippen LogP contribution in [0.1, 0.15) is 70.2 Å². The van der Waals surface area contributed by atoms with Crippen LogP contribution in [0.4, 0.5) is 17.1 Å². The number of anilines is 1. The molecule has 4 unspecified atom stereocenters. The molecule has 0 aliphatic carbocycles. The van der Waals surface area contributed by atoms with Gasteiger partial charge in [-0.05, 0) is 52.0 Å². The van der Waals surface area contributed by atoms with E-state index in [1.165, 1.54) is 23.1 Å². The van der Waals surface area contributed by atoms with Crippen molar-refractivity contribution in [1.29, 1.82) is 0 Å². The summed E-state index contributed by atoms with van der Waals surface area (Å²) in [4.78, 5) is 15.0. The zero-order chi connectivity index (χ0) is 25.8. The van der Waals surface area contributed by atoms with E-state index in [0.29, 0.717) is 12.0 Å². The third-order valence-electron chi connectivity index (χ3n) is 7.90. The first-order valence-corrected chi connectivity index (χ1v) is 12.8. The van der Waals surface area contributed by atoms with Crippen molar-refractivity contribution in [1.82, 2.24) is 0 Å². The smallest absolute Gasteiger partial charge is 0.650 e. The van der Waals surface area contributed by atoms with Crippen LogP contribution in [-0.2, 0) is 9.47 Å². The van der Waals surface area contributed by atoms with Crippen molar-refractivity contribution in [2.75, 3.05) is 11.4 Å². The number of ether oxygens (including phenoxy) is 2. The summed E-state index contributed by atoms with van der Waals surface area (Å²) in [6.07, 6.45) is 5.47. The molecule has 0 aromatic heterocycles. The van der Waals surface area contributed by atoms with Gasteiger partial charge in [-0.25, -0.2) is 0 Å². The molecule has 0 radical (unpaired) electrons. The zero-order valence-electron chi connectivity index (χ0n) is 22.3. The average molecular weight is 503 g/mol. The quantitative estimate of drug-likeness (QED) is 0.358. The van der Waals surface area contributed by atoms with Crippen LogP contribution in [-0.4, -0.2) is 51.2 Å². The average Bonchev–Trinajstić information content (AvgIpc) is 3.66. The molecule has 5 rings (SSSR count). The van der Waals surface area contributed by atoms with E-state index < -0.39 is 0 Å². The number of phenolic OH excluding ortho intramolecular Hbond substituents is 3. The second-order valence-electron chi connectivity index (χ2n) is 11.2. The number of epoxide rings is 2. The number of nitrogens with zero attached hydrogens (tertiary/aromatic N) is 2. The van der Waals surface area contributed by atoms with E-state index in [2.05, 4.69) is 33.0 Å². The van der Waals surface area contributed by atoms with Crippen LogP contribution in [0.25, 0.3) is 5.32 Å². The molecule has 0 spiro atoms. The maximum atomic E-state index is 13.6. The Labute approximate surface area is 230 Å². The fourth-order valence-corrected chi connectivity index (χ4v) is 5.31. The summed E-state index contributed by atoms with van der Waals surface area (Å²) in [6.45, 7) is 8.87. The van der Waals surface area contributed by atoms with Crippen LogP contribution in [0.2, 0.25) is 0 Å². The number of aromatic hydroxyl groups is 3.